The van der Waals surface area contributed by atoms with Gasteiger partial charge in [0.05, 0.1) is 6.04 Å². The number of hydrogen-bond acceptors (Lipinski definition) is 3. The van der Waals surface area contributed by atoms with Crippen LogP contribution in [0.5, 0.6) is 0 Å². The Bertz CT molecular complexity index is 459. The molecule has 1 atom stereocenters. The van der Waals surface area contributed by atoms with Crippen molar-refractivity contribution in [2.45, 2.75) is 13.0 Å². The molecule has 1 aromatic carbocycles. The molecule has 0 saturated heterocycles. The van der Waals surface area contributed by atoms with E-state index in [1.807, 2.05) is 24.3 Å². The summed E-state index contributed by atoms with van der Waals surface area (Å²) < 4.78 is 1.08. The number of nitrogens with zero attached hydrogens (tertiary/aromatic N) is 2. The average Bonchev–Trinajstić information content (AvgIpc) is 2.30. The van der Waals surface area contributed by atoms with Crippen LogP contribution in [0.4, 0.5) is 5.82 Å². The Labute approximate surface area is 103 Å². The van der Waals surface area contributed by atoms with Gasteiger partial charge in [0.2, 0.25) is 0 Å². The van der Waals surface area contributed by atoms with Crippen LogP contribution in [0.1, 0.15) is 18.5 Å². The summed E-state index contributed by atoms with van der Waals surface area (Å²) in [6.45, 7) is 2.09. The van der Waals surface area contributed by atoms with Gasteiger partial charge in [-0.1, -0.05) is 28.1 Å². The quantitative estimate of drug-likeness (QED) is 0.934. The Morgan fingerprint density at radius 2 is 2.12 bits per heavy atom. The minimum Gasteiger partial charge on any atom is -0.362 e. The van der Waals surface area contributed by atoms with Gasteiger partial charge >= 0.3 is 0 Å². The highest BCUT2D eigenvalue weighted by molar-refractivity contribution is 9.10. The lowest BCUT2D eigenvalue weighted by Crippen LogP contribution is -2.08. The lowest BCUT2D eigenvalue weighted by Gasteiger charge is -2.14. The van der Waals surface area contributed by atoms with Crippen molar-refractivity contribution < 1.29 is 0 Å². The molecule has 1 heterocycles. The molecule has 0 saturated carbocycles. The molecule has 1 N–H and O–H groups in total. The van der Waals surface area contributed by atoms with Crippen molar-refractivity contribution >= 4 is 21.7 Å². The van der Waals surface area contributed by atoms with Crippen LogP contribution in [-0.2, 0) is 0 Å². The molecule has 16 heavy (non-hydrogen) atoms. The molecule has 0 bridgehead atoms. The van der Waals surface area contributed by atoms with Crippen LogP contribution >= 0.6 is 15.9 Å². The molecule has 0 aliphatic heterocycles. The third kappa shape index (κ3) is 2.79. The van der Waals surface area contributed by atoms with E-state index in [-0.39, 0.29) is 6.04 Å². The minimum atomic E-state index is 0.203. The van der Waals surface area contributed by atoms with E-state index in [1.165, 1.54) is 5.56 Å². The summed E-state index contributed by atoms with van der Waals surface area (Å²) in [6.07, 6.45) is 1.66. The zero-order valence-corrected chi connectivity index (χ0v) is 10.5. The number of aromatic nitrogens is 2. The van der Waals surface area contributed by atoms with Crippen LogP contribution in [0.25, 0.3) is 0 Å². The Hall–Kier alpha value is -1.42. The van der Waals surface area contributed by atoms with Gasteiger partial charge in [0.25, 0.3) is 0 Å². The highest BCUT2D eigenvalue weighted by Crippen LogP contribution is 2.20. The predicted octanol–water partition coefficient (Wildman–Crippen LogP) is 3.41. The van der Waals surface area contributed by atoms with Crippen molar-refractivity contribution in [3.8, 4) is 0 Å². The molecule has 0 radical (unpaired) electrons. The summed E-state index contributed by atoms with van der Waals surface area (Å²) in [6, 6.07) is 12.2. The van der Waals surface area contributed by atoms with Gasteiger partial charge in [-0.3, -0.25) is 0 Å². The van der Waals surface area contributed by atoms with Crippen LogP contribution in [0.2, 0.25) is 0 Å². The second-order valence-electron chi connectivity index (χ2n) is 3.53. The molecule has 82 valence electrons. The lowest BCUT2D eigenvalue weighted by atomic mass is 10.1. The second kappa shape index (κ2) is 5.07. The lowest BCUT2D eigenvalue weighted by molar-refractivity contribution is 0.860. The van der Waals surface area contributed by atoms with Crippen LogP contribution in [0, 0.1) is 0 Å². The molecule has 2 aromatic rings. The third-order valence-corrected chi connectivity index (χ3v) is 2.78. The molecule has 1 aromatic heterocycles. The van der Waals surface area contributed by atoms with Crippen molar-refractivity contribution in [2.24, 2.45) is 0 Å². The third-order valence-electron chi connectivity index (χ3n) is 2.29. The Balaban J connectivity index is 2.12. The number of nitrogens with one attached hydrogen (secondary N) is 1. The zero-order valence-electron chi connectivity index (χ0n) is 8.89. The first-order valence-corrected chi connectivity index (χ1v) is 5.85. The summed E-state index contributed by atoms with van der Waals surface area (Å²) in [7, 11) is 0. The van der Waals surface area contributed by atoms with Gasteiger partial charge in [-0.15, -0.1) is 5.10 Å². The van der Waals surface area contributed by atoms with Gasteiger partial charge in [-0.25, -0.2) is 0 Å². The van der Waals surface area contributed by atoms with Gasteiger partial charge in [0, 0.05) is 10.7 Å². The first-order valence-electron chi connectivity index (χ1n) is 5.05. The van der Waals surface area contributed by atoms with E-state index in [2.05, 4.69) is 50.5 Å². The molecule has 4 heteroatoms. The second-order valence-corrected chi connectivity index (χ2v) is 4.45. The molecular formula is C12H12BrN3. The van der Waals surface area contributed by atoms with Crippen LogP contribution < -0.4 is 5.32 Å². The largest absolute Gasteiger partial charge is 0.362 e. The van der Waals surface area contributed by atoms with Crippen molar-refractivity contribution in [3.63, 3.8) is 0 Å². The summed E-state index contributed by atoms with van der Waals surface area (Å²) >= 11 is 3.46. The molecular weight excluding hydrogens is 266 g/mol. The number of anilines is 1. The maximum absolute atomic E-state index is 3.99. The summed E-state index contributed by atoms with van der Waals surface area (Å²) in [5.74, 6) is 0.787. The van der Waals surface area contributed by atoms with Gasteiger partial charge < -0.3 is 5.32 Å². The fourth-order valence-electron chi connectivity index (χ4n) is 1.46. The molecule has 0 spiro atoms. The van der Waals surface area contributed by atoms with Crippen LogP contribution in [-0.4, -0.2) is 10.2 Å². The maximum Gasteiger partial charge on any atom is 0.149 e. The normalized spacial score (nSPS) is 12.1. The number of rotatable bonds is 3. The molecule has 0 fully saturated rings. The zero-order chi connectivity index (χ0) is 11.4. The molecule has 1 unspecified atom stereocenters. The highest BCUT2D eigenvalue weighted by Gasteiger charge is 2.05. The SMILES string of the molecule is CC(Nc1cccnn1)c1cccc(Br)c1. The number of halogens is 1. The van der Waals surface area contributed by atoms with Gasteiger partial charge in [-0.05, 0) is 36.8 Å². The molecule has 0 amide bonds. The fourth-order valence-corrected chi connectivity index (χ4v) is 1.88. The minimum absolute atomic E-state index is 0.203. The van der Waals surface area contributed by atoms with E-state index < -0.39 is 0 Å². The molecule has 0 aliphatic rings. The van der Waals surface area contributed by atoms with Gasteiger partial charge in [0.15, 0.2) is 0 Å². The highest BCUT2D eigenvalue weighted by atomic mass is 79.9. The van der Waals surface area contributed by atoms with Gasteiger partial charge in [0.1, 0.15) is 5.82 Å². The number of benzene rings is 1. The summed E-state index contributed by atoms with van der Waals surface area (Å²) in [5.41, 5.74) is 1.21. The maximum atomic E-state index is 3.99. The van der Waals surface area contributed by atoms with Gasteiger partial charge in [-0.2, -0.15) is 5.10 Å². The smallest absolute Gasteiger partial charge is 0.149 e. The fraction of sp³-hybridized carbons (Fsp3) is 0.167. The standard InChI is InChI=1S/C12H12BrN3/c1-9(10-4-2-5-11(13)8-10)15-12-6-3-7-14-16-12/h2-9H,1H3,(H,15,16). The van der Waals surface area contributed by atoms with E-state index in [4.69, 9.17) is 0 Å². The monoisotopic (exact) mass is 277 g/mol. The van der Waals surface area contributed by atoms with Crippen LogP contribution in [0.3, 0.4) is 0 Å². The van der Waals surface area contributed by atoms with Crippen molar-refractivity contribution in [2.75, 3.05) is 5.32 Å². The Morgan fingerprint density at radius 1 is 1.25 bits per heavy atom. The predicted molar refractivity (Wildman–Crippen MR) is 68.2 cm³/mol. The Morgan fingerprint density at radius 3 is 2.81 bits per heavy atom. The first kappa shape index (κ1) is 11.1. The van der Waals surface area contributed by atoms with Crippen molar-refractivity contribution in [1.82, 2.24) is 10.2 Å². The Kier molecular flexibility index (Phi) is 3.51. The van der Waals surface area contributed by atoms with E-state index in [1.54, 1.807) is 6.20 Å². The molecule has 3 nitrogen and oxygen atoms in total. The van der Waals surface area contributed by atoms with E-state index in [0.717, 1.165) is 10.3 Å². The van der Waals surface area contributed by atoms with E-state index in [9.17, 15) is 0 Å². The van der Waals surface area contributed by atoms with Crippen molar-refractivity contribution in [3.05, 3.63) is 52.6 Å². The first-order chi connectivity index (χ1) is 7.75. The summed E-state index contributed by atoms with van der Waals surface area (Å²) in [5, 5.41) is 11.1. The molecule has 0 aliphatic carbocycles. The average molecular weight is 278 g/mol. The van der Waals surface area contributed by atoms with Crippen LogP contribution in [0.15, 0.2) is 47.1 Å². The summed E-state index contributed by atoms with van der Waals surface area (Å²) in [4.78, 5) is 0. The van der Waals surface area contributed by atoms with E-state index in [0.29, 0.717) is 0 Å². The molecule has 2 rings (SSSR count). The van der Waals surface area contributed by atoms with E-state index >= 15 is 0 Å². The van der Waals surface area contributed by atoms with Crippen molar-refractivity contribution in [1.29, 1.82) is 0 Å². The topological polar surface area (TPSA) is 37.8 Å². The number of hydrogen-bond donors (Lipinski definition) is 1.